The van der Waals surface area contributed by atoms with Gasteiger partial charge in [0.2, 0.25) is 10.0 Å². The van der Waals surface area contributed by atoms with Gasteiger partial charge in [-0.2, -0.15) is 4.31 Å². The second-order valence-electron chi connectivity index (χ2n) is 7.49. The van der Waals surface area contributed by atoms with Crippen LogP contribution in [0.1, 0.15) is 49.4 Å². The Labute approximate surface area is 156 Å². The van der Waals surface area contributed by atoms with Gasteiger partial charge < -0.3 is 10.6 Å². The second kappa shape index (κ2) is 8.06. The SMILES string of the molecule is CC1CC(CN)CN1C(=O)c1cccc(S(=O)(=O)N2CCCCCC2)c1. The van der Waals surface area contributed by atoms with Crippen LogP contribution in [0, 0.1) is 5.92 Å². The molecule has 2 N–H and O–H groups in total. The molecule has 0 radical (unpaired) electrons. The van der Waals surface area contributed by atoms with Crippen molar-refractivity contribution in [2.45, 2.75) is 50.0 Å². The zero-order valence-electron chi connectivity index (χ0n) is 15.4. The first-order valence-electron chi connectivity index (χ1n) is 9.54. The average molecular weight is 380 g/mol. The quantitative estimate of drug-likeness (QED) is 0.868. The summed E-state index contributed by atoms with van der Waals surface area (Å²) in [5.74, 6) is 0.208. The van der Waals surface area contributed by atoms with Crippen LogP contribution in [-0.2, 0) is 10.0 Å². The van der Waals surface area contributed by atoms with E-state index in [2.05, 4.69) is 0 Å². The van der Waals surface area contributed by atoms with Crippen LogP contribution in [0.3, 0.4) is 0 Å². The van der Waals surface area contributed by atoms with Crippen molar-refractivity contribution in [1.82, 2.24) is 9.21 Å². The Morgan fingerprint density at radius 3 is 2.50 bits per heavy atom. The molecule has 2 aliphatic heterocycles. The molecule has 0 aromatic heterocycles. The minimum atomic E-state index is -3.55. The van der Waals surface area contributed by atoms with Crippen LogP contribution in [0.2, 0.25) is 0 Å². The molecular formula is C19H29N3O3S. The highest BCUT2D eigenvalue weighted by molar-refractivity contribution is 7.89. The molecule has 2 unspecified atom stereocenters. The molecule has 26 heavy (non-hydrogen) atoms. The Balaban J connectivity index is 1.82. The van der Waals surface area contributed by atoms with E-state index in [-0.39, 0.29) is 16.8 Å². The normalized spacial score (nSPS) is 25.2. The van der Waals surface area contributed by atoms with E-state index in [1.165, 1.54) is 6.07 Å². The Hall–Kier alpha value is -1.44. The first kappa shape index (κ1) is 19.3. The Bertz CT molecular complexity index is 742. The average Bonchev–Trinajstić information content (AvgIpc) is 2.85. The molecule has 144 valence electrons. The van der Waals surface area contributed by atoms with Crippen LogP contribution >= 0.6 is 0 Å². The number of hydrogen-bond donors (Lipinski definition) is 1. The van der Waals surface area contributed by atoms with E-state index in [9.17, 15) is 13.2 Å². The summed E-state index contributed by atoms with van der Waals surface area (Å²) in [6.45, 7) is 4.34. The van der Waals surface area contributed by atoms with E-state index >= 15 is 0 Å². The zero-order chi connectivity index (χ0) is 18.7. The highest BCUT2D eigenvalue weighted by atomic mass is 32.2. The monoisotopic (exact) mass is 379 g/mol. The van der Waals surface area contributed by atoms with Crippen LogP contribution < -0.4 is 5.73 Å². The largest absolute Gasteiger partial charge is 0.336 e. The summed E-state index contributed by atoms with van der Waals surface area (Å²) < 4.78 is 27.5. The lowest BCUT2D eigenvalue weighted by atomic mass is 10.1. The summed E-state index contributed by atoms with van der Waals surface area (Å²) in [5.41, 5.74) is 6.19. The van der Waals surface area contributed by atoms with Gasteiger partial charge >= 0.3 is 0 Å². The molecule has 2 atom stereocenters. The van der Waals surface area contributed by atoms with Gasteiger partial charge in [-0.15, -0.1) is 0 Å². The fourth-order valence-electron chi connectivity index (χ4n) is 3.98. The van der Waals surface area contributed by atoms with Gasteiger partial charge in [0.1, 0.15) is 0 Å². The predicted molar refractivity (Wildman–Crippen MR) is 101 cm³/mol. The molecule has 0 aliphatic carbocycles. The molecule has 2 saturated heterocycles. The lowest BCUT2D eigenvalue weighted by Gasteiger charge is -2.23. The number of sulfonamides is 1. The summed E-state index contributed by atoms with van der Waals surface area (Å²) in [6.07, 6.45) is 4.82. The lowest BCUT2D eigenvalue weighted by molar-refractivity contribution is 0.0743. The number of benzene rings is 1. The topological polar surface area (TPSA) is 83.7 Å². The van der Waals surface area contributed by atoms with E-state index in [4.69, 9.17) is 5.73 Å². The van der Waals surface area contributed by atoms with Gasteiger partial charge in [0.25, 0.3) is 5.91 Å². The third-order valence-electron chi connectivity index (χ3n) is 5.54. The molecule has 2 fully saturated rings. The Morgan fingerprint density at radius 2 is 1.88 bits per heavy atom. The van der Waals surface area contributed by atoms with Gasteiger partial charge in [0.15, 0.2) is 0 Å². The molecule has 1 aromatic carbocycles. The predicted octanol–water partition coefficient (Wildman–Crippen LogP) is 2.06. The Kier molecular flexibility index (Phi) is 5.99. The molecule has 0 spiro atoms. The number of nitrogens with zero attached hydrogens (tertiary/aromatic N) is 2. The van der Waals surface area contributed by atoms with Gasteiger partial charge in [-0.1, -0.05) is 18.9 Å². The lowest BCUT2D eigenvalue weighted by Crippen LogP contribution is -2.35. The standard InChI is InChI=1S/C19H29N3O3S/c1-15-11-16(13-20)14-22(15)19(23)17-7-6-8-18(12-17)26(24,25)21-9-4-2-3-5-10-21/h6-8,12,15-16H,2-5,9-11,13-14,20H2,1H3. The van der Waals surface area contributed by atoms with Crippen molar-refractivity contribution in [3.8, 4) is 0 Å². The van der Waals surface area contributed by atoms with Gasteiger partial charge in [-0.3, -0.25) is 4.79 Å². The minimum Gasteiger partial charge on any atom is -0.336 e. The van der Waals surface area contributed by atoms with Crippen molar-refractivity contribution in [2.24, 2.45) is 11.7 Å². The number of carbonyl (C=O) groups excluding carboxylic acids is 1. The molecule has 2 heterocycles. The van der Waals surface area contributed by atoms with Gasteiger partial charge in [-0.25, -0.2) is 8.42 Å². The van der Waals surface area contributed by atoms with Crippen molar-refractivity contribution >= 4 is 15.9 Å². The molecule has 1 amide bonds. The van der Waals surface area contributed by atoms with E-state index in [0.717, 1.165) is 32.1 Å². The van der Waals surface area contributed by atoms with Crippen LogP contribution in [0.25, 0.3) is 0 Å². The first-order valence-corrected chi connectivity index (χ1v) is 11.0. The van der Waals surface area contributed by atoms with Crippen LogP contribution in [0.5, 0.6) is 0 Å². The third-order valence-corrected chi connectivity index (χ3v) is 7.43. The van der Waals surface area contributed by atoms with Gasteiger partial charge in [0, 0.05) is 31.2 Å². The number of likely N-dealkylation sites (tertiary alicyclic amines) is 1. The first-order chi connectivity index (χ1) is 12.4. The molecule has 3 rings (SSSR count). The maximum atomic E-state index is 13.0. The van der Waals surface area contributed by atoms with Crippen LogP contribution in [-0.4, -0.2) is 55.8 Å². The zero-order valence-corrected chi connectivity index (χ0v) is 16.2. The van der Waals surface area contributed by atoms with Crippen molar-refractivity contribution < 1.29 is 13.2 Å². The van der Waals surface area contributed by atoms with Crippen molar-refractivity contribution in [2.75, 3.05) is 26.2 Å². The van der Waals surface area contributed by atoms with E-state index in [1.807, 2.05) is 11.8 Å². The second-order valence-corrected chi connectivity index (χ2v) is 9.43. The maximum Gasteiger partial charge on any atom is 0.254 e. The summed E-state index contributed by atoms with van der Waals surface area (Å²) >= 11 is 0. The van der Waals surface area contributed by atoms with Gasteiger partial charge in [0.05, 0.1) is 4.90 Å². The molecule has 7 heteroatoms. The third kappa shape index (κ3) is 3.94. The smallest absolute Gasteiger partial charge is 0.254 e. The number of amides is 1. The van der Waals surface area contributed by atoms with Crippen molar-refractivity contribution in [3.63, 3.8) is 0 Å². The molecule has 1 aromatic rings. The van der Waals surface area contributed by atoms with Crippen molar-refractivity contribution in [3.05, 3.63) is 29.8 Å². The fourth-order valence-corrected chi connectivity index (χ4v) is 5.55. The van der Waals surface area contributed by atoms with E-state index in [1.54, 1.807) is 22.5 Å². The Morgan fingerprint density at radius 1 is 1.19 bits per heavy atom. The summed E-state index contributed by atoms with van der Waals surface area (Å²) in [5, 5.41) is 0. The summed E-state index contributed by atoms with van der Waals surface area (Å²) in [7, 11) is -3.55. The number of rotatable bonds is 4. The number of hydrogen-bond acceptors (Lipinski definition) is 4. The number of nitrogens with two attached hydrogens (primary N) is 1. The van der Waals surface area contributed by atoms with Crippen LogP contribution in [0.4, 0.5) is 0 Å². The highest BCUT2D eigenvalue weighted by Gasteiger charge is 2.33. The summed E-state index contributed by atoms with van der Waals surface area (Å²) in [6, 6.07) is 6.62. The van der Waals surface area contributed by atoms with E-state index < -0.39 is 10.0 Å². The van der Waals surface area contributed by atoms with E-state index in [0.29, 0.717) is 37.7 Å². The van der Waals surface area contributed by atoms with Gasteiger partial charge in [-0.05, 0) is 56.8 Å². The van der Waals surface area contributed by atoms with Crippen molar-refractivity contribution in [1.29, 1.82) is 0 Å². The summed E-state index contributed by atoms with van der Waals surface area (Å²) in [4.78, 5) is 14.9. The molecule has 0 saturated carbocycles. The molecular weight excluding hydrogens is 350 g/mol. The molecule has 2 aliphatic rings. The highest BCUT2D eigenvalue weighted by Crippen LogP contribution is 2.26. The maximum absolute atomic E-state index is 13.0. The molecule has 0 bridgehead atoms. The molecule has 6 nitrogen and oxygen atoms in total. The van der Waals surface area contributed by atoms with Crippen LogP contribution in [0.15, 0.2) is 29.2 Å². The fraction of sp³-hybridized carbons (Fsp3) is 0.632. The number of carbonyl (C=O) groups is 1. The minimum absolute atomic E-state index is 0.110.